The van der Waals surface area contributed by atoms with Gasteiger partial charge in [-0.1, -0.05) is 38.1 Å². The van der Waals surface area contributed by atoms with Crippen LogP contribution in [0.1, 0.15) is 42.4 Å². The van der Waals surface area contributed by atoms with Gasteiger partial charge in [-0.25, -0.2) is 14.6 Å². The van der Waals surface area contributed by atoms with Crippen LogP contribution in [0.25, 0.3) is 11.3 Å². The van der Waals surface area contributed by atoms with Gasteiger partial charge in [0.15, 0.2) is 10.8 Å². The topological polar surface area (TPSA) is 126 Å². The van der Waals surface area contributed by atoms with Crippen molar-refractivity contribution in [3.8, 4) is 17.1 Å². The summed E-state index contributed by atoms with van der Waals surface area (Å²) in [5.41, 5.74) is 1.28. The number of H-pyrrole nitrogens is 1. The highest BCUT2D eigenvalue weighted by Crippen LogP contribution is 2.32. The van der Waals surface area contributed by atoms with Gasteiger partial charge in [0.1, 0.15) is 11.7 Å². The van der Waals surface area contributed by atoms with Crippen molar-refractivity contribution in [1.29, 1.82) is 0 Å². The summed E-state index contributed by atoms with van der Waals surface area (Å²) in [5.74, 6) is -1.39. The van der Waals surface area contributed by atoms with Crippen LogP contribution < -0.4 is 11.0 Å². The van der Waals surface area contributed by atoms with Crippen LogP contribution in [0.15, 0.2) is 34.4 Å². The Kier molecular flexibility index (Phi) is 6.59. The van der Waals surface area contributed by atoms with Crippen molar-refractivity contribution in [2.24, 2.45) is 5.92 Å². The van der Waals surface area contributed by atoms with E-state index >= 15 is 0 Å². The Morgan fingerprint density at radius 3 is 2.68 bits per heavy atom. The number of aromatic nitrogens is 3. The van der Waals surface area contributed by atoms with Gasteiger partial charge in [-0.05, 0) is 24.8 Å². The van der Waals surface area contributed by atoms with Crippen molar-refractivity contribution in [3.05, 3.63) is 51.4 Å². The Morgan fingerprint density at radius 1 is 1.32 bits per heavy atom. The summed E-state index contributed by atoms with van der Waals surface area (Å²) in [6.07, 6.45) is 0.305. The van der Waals surface area contributed by atoms with E-state index in [-0.39, 0.29) is 28.3 Å². The number of hydrogen-bond acceptors (Lipinski definition) is 7. The number of aryl methyl sites for hydroxylation is 1. The molecule has 10 heteroatoms. The number of ether oxygens (including phenoxy) is 1. The summed E-state index contributed by atoms with van der Waals surface area (Å²) < 4.78 is 5.68. The minimum absolute atomic E-state index is 0.0563. The van der Waals surface area contributed by atoms with E-state index in [2.05, 4.69) is 20.0 Å². The van der Waals surface area contributed by atoms with E-state index in [0.717, 1.165) is 21.5 Å². The number of aromatic hydroxyl groups is 1. The molecule has 2 aromatic heterocycles. The van der Waals surface area contributed by atoms with Gasteiger partial charge in [0.05, 0.1) is 7.11 Å². The van der Waals surface area contributed by atoms with Gasteiger partial charge in [0.25, 0.3) is 0 Å². The summed E-state index contributed by atoms with van der Waals surface area (Å²) in [7, 11) is 1.24. The van der Waals surface area contributed by atoms with E-state index in [1.807, 2.05) is 32.9 Å². The third-order valence-electron chi connectivity index (χ3n) is 4.75. The molecule has 0 unspecified atom stereocenters. The summed E-state index contributed by atoms with van der Waals surface area (Å²) in [5, 5.41) is 15.2. The number of thiazole rings is 1. The number of amides is 1. The maximum absolute atomic E-state index is 13.1. The molecule has 164 valence electrons. The standard InChI is InChI=1S/C21H24N4O5S/c1-11(2)9-15(17(26)24-20-22-14(10-31-20)19(28)30-4)25-18(27)16(23-21(25)29)13-8-6-5-7-12(13)3/h5-8,10-11,15,27H,9H2,1-4H3,(H,23,29)(H,22,24,26)/t15-/m0/s1. The van der Waals surface area contributed by atoms with Crippen molar-refractivity contribution in [1.82, 2.24) is 14.5 Å². The van der Waals surface area contributed by atoms with Crippen LogP contribution in [-0.2, 0) is 9.53 Å². The molecular formula is C21H24N4O5S. The fourth-order valence-electron chi connectivity index (χ4n) is 3.26. The van der Waals surface area contributed by atoms with Crippen molar-refractivity contribution in [3.63, 3.8) is 0 Å². The number of rotatable bonds is 7. The number of nitrogens with one attached hydrogen (secondary N) is 2. The van der Waals surface area contributed by atoms with Crippen LogP contribution >= 0.6 is 11.3 Å². The molecular weight excluding hydrogens is 420 g/mol. The molecule has 1 atom stereocenters. The minimum atomic E-state index is -0.980. The highest BCUT2D eigenvalue weighted by atomic mass is 32.1. The SMILES string of the molecule is COC(=O)c1csc(NC(=O)[C@H](CC(C)C)n2c(O)c(-c3ccccc3C)[nH]c2=O)n1. The zero-order valence-corrected chi connectivity index (χ0v) is 18.4. The number of nitrogens with zero attached hydrogens (tertiary/aromatic N) is 2. The molecule has 0 radical (unpaired) electrons. The fourth-order valence-corrected chi connectivity index (χ4v) is 3.95. The first kappa shape index (κ1) is 22.3. The molecule has 2 heterocycles. The predicted octanol–water partition coefficient (Wildman–Crippen LogP) is 3.33. The Hall–Kier alpha value is -3.40. The second kappa shape index (κ2) is 9.17. The molecule has 1 amide bonds. The number of carbonyl (C=O) groups excluding carboxylic acids is 2. The molecule has 0 aliphatic carbocycles. The van der Waals surface area contributed by atoms with Gasteiger partial charge in [-0.3, -0.25) is 9.36 Å². The highest BCUT2D eigenvalue weighted by Gasteiger charge is 2.29. The van der Waals surface area contributed by atoms with E-state index in [0.29, 0.717) is 12.0 Å². The molecule has 9 nitrogen and oxygen atoms in total. The number of hydrogen-bond donors (Lipinski definition) is 3. The first-order chi connectivity index (χ1) is 14.7. The second-order valence-electron chi connectivity index (χ2n) is 7.48. The molecule has 0 aliphatic heterocycles. The van der Waals surface area contributed by atoms with E-state index in [1.54, 1.807) is 12.1 Å². The summed E-state index contributed by atoms with van der Waals surface area (Å²) in [4.78, 5) is 44.1. The monoisotopic (exact) mass is 444 g/mol. The molecule has 0 saturated carbocycles. The molecule has 0 bridgehead atoms. The molecule has 0 saturated heterocycles. The summed E-state index contributed by atoms with van der Waals surface area (Å²) in [6, 6.07) is 6.33. The van der Waals surface area contributed by atoms with E-state index in [9.17, 15) is 19.5 Å². The van der Waals surface area contributed by atoms with Gasteiger partial charge in [0, 0.05) is 10.9 Å². The van der Waals surface area contributed by atoms with Crippen LogP contribution in [0.5, 0.6) is 5.88 Å². The average molecular weight is 445 g/mol. The van der Waals surface area contributed by atoms with Crippen LogP contribution in [0.3, 0.4) is 0 Å². The Labute approximate surface area is 182 Å². The van der Waals surface area contributed by atoms with Crippen LogP contribution in [-0.4, -0.2) is 38.6 Å². The Balaban J connectivity index is 1.97. The lowest BCUT2D eigenvalue weighted by atomic mass is 10.0. The third-order valence-corrected chi connectivity index (χ3v) is 5.51. The molecule has 31 heavy (non-hydrogen) atoms. The fraction of sp³-hybridized carbons (Fsp3) is 0.333. The molecule has 0 spiro atoms. The van der Waals surface area contributed by atoms with E-state index in [4.69, 9.17) is 0 Å². The average Bonchev–Trinajstić information content (AvgIpc) is 3.30. The smallest absolute Gasteiger partial charge is 0.357 e. The largest absolute Gasteiger partial charge is 0.493 e. The van der Waals surface area contributed by atoms with E-state index in [1.165, 1.54) is 12.5 Å². The van der Waals surface area contributed by atoms with Crippen LogP contribution in [0.2, 0.25) is 0 Å². The Morgan fingerprint density at radius 2 is 2.03 bits per heavy atom. The minimum Gasteiger partial charge on any atom is -0.493 e. The number of esters is 1. The van der Waals surface area contributed by atoms with Crippen molar-refractivity contribution in [2.45, 2.75) is 33.2 Å². The lowest BCUT2D eigenvalue weighted by molar-refractivity contribution is -0.119. The lowest BCUT2D eigenvalue weighted by Crippen LogP contribution is -2.33. The van der Waals surface area contributed by atoms with Gasteiger partial charge < -0.3 is 20.1 Å². The molecule has 3 aromatic rings. The van der Waals surface area contributed by atoms with Gasteiger partial charge in [-0.2, -0.15) is 0 Å². The number of imidazole rings is 1. The molecule has 3 N–H and O–H groups in total. The van der Waals surface area contributed by atoms with Crippen molar-refractivity contribution < 1.29 is 19.4 Å². The highest BCUT2D eigenvalue weighted by molar-refractivity contribution is 7.14. The first-order valence-electron chi connectivity index (χ1n) is 9.67. The Bertz CT molecular complexity index is 1160. The number of benzene rings is 1. The zero-order valence-electron chi connectivity index (χ0n) is 17.6. The molecule has 1 aromatic carbocycles. The van der Waals surface area contributed by atoms with Gasteiger partial charge in [-0.15, -0.1) is 11.3 Å². The first-order valence-corrected chi connectivity index (χ1v) is 10.5. The van der Waals surface area contributed by atoms with Crippen molar-refractivity contribution >= 4 is 28.3 Å². The number of methoxy groups -OCH3 is 1. The van der Waals surface area contributed by atoms with Gasteiger partial charge in [0.2, 0.25) is 11.8 Å². The molecule has 0 fully saturated rings. The summed E-state index contributed by atoms with van der Waals surface area (Å²) in [6.45, 7) is 5.69. The van der Waals surface area contributed by atoms with E-state index < -0.39 is 23.6 Å². The third kappa shape index (κ3) is 4.69. The van der Waals surface area contributed by atoms with Gasteiger partial charge >= 0.3 is 11.7 Å². The number of carbonyl (C=O) groups is 2. The number of aromatic amines is 1. The van der Waals surface area contributed by atoms with Crippen molar-refractivity contribution in [2.75, 3.05) is 12.4 Å². The molecule has 3 rings (SSSR count). The second-order valence-corrected chi connectivity index (χ2v) is 8.34. The quantitative estimate of drug-likeness (QED) is 0.480. The summed E-state index contributed by atoms with van der Waals surface area (Å²) >= 11 is 1.06. The predicted molar refractivity (Wildman–Crippen MR) is 117 cm³/mol. The normalized spacial score (nSPS) is 12.0. The maximum Gasteiger partial charge on any atom is 0.357 e. The van der Waals surface area contributed by atoms with Crippen LogP contribution in [0.4, 0.5) is 5.13 Å². The lowest BCUT2D eigenvalue weighted by Gasteiger charge is -2.19. The zero-order chi connectivity index (χ0) is 22.7. The molecule has 0 aliphatic rings. The number of anilines is 1. The van der Waals surface area contributed by atoms with Crippen LogP contribution in [0, 0.1) is 12.8 Å². The maximum atomic E-state index is 13.1.